The van der Waals surface area contributed by atoms with Gasteiger partial charge in [-0.1, -0.05) is 39.5 Å². The van der Waals surface area contributed by atoms with Crippen molar-refractivity contribution in [2.24, 2.45) is 5.92 Å². The third-order valence-corrected chi connectivity index (χ3v) is 3.18. The molecule has 1 rings (SSSR count). The fourth-order valence-electron chi connectivity index (χ4n) is 2.08. The van der Waals surface area contributed by atoms with E-state index < -0.39 is 5.82 Å². The first-order chi connectivity index (χ1) is 9.49. The predicted molar refractivity (Wildman–Crippen MR) is 81.1 cm³/mol. The summed E-state index contributed by atoms with van der Waals surface area (Å²) in [5.41, 5.74) is 6.06. The third kappa shape index (κ3) is 6.55. The van der Waals surface area contributed by atoms with E-state index >= 15 is 0 Å². The smallest absolute Gasteiger partial charge is 0.251 e. The molecule has 0 aromatic heterocycles. The molecule has 3 nitrogen and oxygen atoms in total. The Morgan fingerprint density at radius 1 is 1.20 bits per heavy atom. The van der Waals surface area contributed by atoms with Crippen LogP contribution in [-0.4, -0.2) is 12.5 Å². The highest BCUT2D eigenvalue weighted by Crippen LogP contribution is 2.11. The van der Waals surface area contributed by atoms with Crippen molar-refractivity contribution in [3.63, 3.8) is 0 Å². The molecule has 0 saturated heterocycles. The minimum absolute atomic E-state index is 0.265. The van der Waals surface area contributed by atoms with Crippen LogP contribution in [0.3, 0.4) is 0 Å². The van der Waals surface area contributed by atoms with Crippen molar-refractivity contribution in [2.75, 3.05) is 12.3 Å². The first-order valence-electron chi connectivity index (χ1n) is 7.33. The molecule has 0 aliphatic rings. The molecule has 112 valence electrons. The van der Waals surface area contributed by atoms with Crippen LogP contribution in [0, 0.1) is 11.7 Å². The molecule has 4 heteroatoms. The average molecular weight is 280 g/mol. The van der Waals surface area contributed by atoms with Gasteiger partial charge in [0.1, 0.15) is 5.82 Å². The Bertz CT molecular complexity index is 412. The molecule has 0 unspecified atom stereocenters. The fraction of sp³-hybridized carbons (Fsp3) is 0.562. The second-order valence-electron chi connectivity index (χ2n) is 5.63. The molecule has 1 amide bonds. The molecule has 0 heterocycles. The minimum Gasteiger partial charge on any atom is -0.399 e. The maximum absolute atomic E-state index is 13.1. The number of nitrogen functional groups attached to an aromatic ring is 1. The summed E-state index contributed by atoms with van der Waals surface area (Å²) in [6.07, 6.45) is 5.76. The number of carbonyl (C=O) groups is 1. The zero-order valence-electron chi connectivity index (χ0n) is 12.4. The Balaban J connectivity index is 2.20. The van der Waals surface area contributed by atoms with E-state index in [4.69, 9.17) is 5.73 Å². The quantitative estimate of drug-likeness (QED) is 0.563. The maximum Gasteiger partial charge on any atom is 0.251 e. The van der Waals surface area contributed by atoms with Crippen LogP contribution in [-0.2, 0) is 0 Å². The van der Waals surface area contributed by atoms with Crippen LogP contribution >= 0.6 is 0 Å². The van der Waals surface area contributed by atoms with Gasteiger partial charge in [-0.05, 0) is 30.5 Å². The van der Waals surface area contributed by atoms with Crippen LogP contribution in [0.4, 0.5) is 10.1 Å². The molecule has 0 aliphatic carbocycles. The number of halogens is 1. The monoisotopic (exact) mass is 280 g/mol. The Labute approximate surface area is 120 Å². The second kappa shape index (κ2) is 8.56. The molecule has 20 heavy (non-hydrogen) atoms. The fourth-order valence-corrected chi connectivity index (χ4v) is 2.08. The zero-order chi connectivity index (χ0) is 15.0. The number of nitrogens with one attached hydrogen (secondary N) is 1. The predicted octanol–water partition coefficient (Wildman–Crippen LogP) is 3.74. The second-order valence-corrected chi connectivity index (χ2v) is 5.63. The number of carbonyl (C=O) groups excluding carboxylic acids is 1. The van der Waals surface area contributed by atoms with Gasteiger partial charge < -0.3 is 11.1 Å². The largest absolute Gasteiger partial charge is 0.399 e. The van der Waals surface area contributed by atoms with Gasteiger partial charge in [0.2, 0.25) is 0 Å². The van der Waals surface area contributed by atoms with Crippen molar-refractivity contribution in [1.82, 2.24) is 5.32 Å². The lowest BCUT2D eigenvalue weighted by Gasteiger charge is -2.07. The molecular formula is C16H25FN2O. The summed E-state index contributed by atoms with van der Waals surface area (Å²) in [6.45, 7) is 5.08. The standard InChI is InChI=1S/C16H25FN2O/c1-12(2)7-5-3-4-6-8-19-16(20)13-9-14(17)11-15(18)10-13/h9-12H,3-8,18H2,1-2H3,(H,19,20). The molecule has 0 radical (unpaired) electrons. The zero-order valence-corrected chi connectivity index (χ0v) is 12.4. The first kappa shape index (κ1) is 16.5. The van der Waals surface area contributed by atoms with Crippen LogP contribution < -0.4 is 11.1 Å². The van der Waals surface area contributed by atoms with Crippen molar-refractivity contribution in [1.29, 1.82) is 0 Å². The topological polar surface area (TPSA) is 55.1 Å². The van der Waals surface area contributed by atoms with Crippen molar-refractivity contribution < 1.29 is 9.18 Å². The molecule has 0 atom stereocenters. The van der Waals surface area contributed by atoms with Gasteiger partial charge in [-0.25, -0.2) is 4.39 Å². The summed E-state index contributed by atoms with van der Waals surface area (Å²) in [5, 5.41) is 2.79. The summed E-state index contributed by atoms with van der Waals surface area (Å²) in [7, 11) is 0. The van der Waals surface area contributed by atoms with E-state index in [-0.39, 0.29) is 17.2 Å². The van der Waals surface area contributed by atoms with Gasteiger partial charge in [0.05, 0.1) is 0 Å². The van der Waals surface area contributed by atoms with Gasteiger partial charge in [0, 0.05) is 17.8 Å². The molecule has 1 aromatic rings. The number of hydrogen-bond donors (Lipinski definition) is 2. The highest BCUT2D eigenvalue weighted by Gasteiger charge is 2.07. The number of unbranched alkanes of at least 4 members (excludes halogenated alkanes) is 3. The van der Waals surface area contributed by atoms with E-state index in [0.717, 1.165) is 18.8 Å². The van der Waals surface area contributed by atoms with E-state index in [0.29, 0.717) is 6.54 Å². The normalized spacial score (nSPS) is 10.8. The highest BCUT2D eigenvalue weighted by molar-refractivity contribution is 5.95. The number of benzene rings is 1. The lowest BCUT2D eigenvalue weighted by Crippen LogP contribution is -2.24. The number of anilines is 1. The Morgan fingerprint density at radius 2 is 1.90 bits per heavy atom. The highest BCUT2D eigenvalue weighted by atomic mass is 19.1. The van der Waals surface area contributed by atoms with Crippen molar-refractivity contribution in [3.8, 4) is 0 Å². The van der Waals surface area contributed by atoms with Crippen LogP contribution in [0.25, 0.3) is 0 Å². The van der Waals surface area contributed by atoms with Gasteiger partial charge in [0.25, 0.3) is 5.91 Å². The summed E-state index contributed by atoms with van der Waals surface area (Å²) < 4.78 is 13.1. The van der Waals surface area contributed by atoms with Crippen molar-refractivity contribution in [2.45, 2.75) is 46.0 Å². The molecule has 0 spiro atoms. The van der Waals surface area contributed by atoms with Crippen molar-refractivity contribution >= 4 is 11.6 Å². The van der Waals surface area contributed by atoms with Crippen LogP contribution in [0.2, 0.25) is 0 Å². The Morgan fingerprint density at radius 3 is 2.55 bits per heavy atom. The average Bonchev–Trinajstić information content (AvgIpc) is 2.35. The van der Waals surface area contributed by atoms with Gasteiger partial charge in [-0.2, -0.15) is 0 Å². The lowest BCUT2D eigenvalue weighted by atomic mass is 10.0. The van der Waals surface area contributed by atoms with E-state index in [9.17, 15) is 9.18 Å². The molecule has 0 fully saturated rings. The van der Waals surface area contributed by atoms with E-state index in [1.165, 1.54) is 37.5 Å². The summed E-state index contributed by atoms with van der Waals surface area (Å²) in [6, 6.07) is 3.89. The van der Waals surface area contributed by atoms with Gasteiger partial charge in [-0.3, -0.25) is 4.79 Å². The minimum atomic E-state index is -0.483. The molecule has 1 aromatic carbocycles. The maximum atomic E-state index is 13.1. The summed E-state index contributed by atoms with van der Waals surface area (Å²) in [4.78, 5) is 11.8. The molecule has 0 saturated carbocycles. The van der Waals surface area contributed by atoms with Crippen molar-refractivity contribution in [3.05, 3.63) is 29.6 Å². The first-order valence-corrected chi connectivity index (χ1v) is 7.33. The molecule has 0 bridgehead atoms. The molecule has 0 aliphatic heterocycles. The Hall–Kier alpha value is -1.58. The van der Waals surface area contributed by atoms with Crippen LogP contribution in [0.5, 0.6) is 0 Å². The van der Waals surface area contributed by atoms with E-state index in [2.05, 4.69) is 19.2 Å². The molecular weight excluding hydrogens is 255 g/mol. The van der Waals surface area contributed by atoms with Gasteiger partial charge in [-0.15, -0.1) is 0 Å². The summed E-state index contributed by atoms with van der Waals surface area (Å²) in [5.74, 6) is 0.00959. The lowest BCUT2D eigenvalue weighted by molar-refractivity contribution is 0.0952. The third-order valence-electron chi connectivity index (χ3n) is 3.18. The van der Waals surface area contributed by atoms with Crippen LogP contribution in [0.1, 0.15) is 56.3 Å². The van der Waals surface area contributed by atoms with E-state index in [1.807, 2.05) is 0 Å². The van der Waals surface area contributed by atoms with Gasteiger partial charge >= 0.3 is 0 Å². The SMILES string of the molecule is CC(C)CCCCCCNC(=O)c1cc(N)cc(F)c1. The number of nitrogens with two attached hydrogens (primary N) is 1. The number of hydrogen-bond acceptors (Lipinski definition) is 2. The Kier molecular flexibility index (Phi) is 7.05. The van der Waals surface area contributed by atoms with Gasteiger partial charge in [0.15, 0.2) is 0 Å². The van der Waals surface area contributed by atoms with Crippen LogP contribution in [0.15, 0.2) is 18.2 Å². The molecule has 3 N–H and O–H groups in total. The summed E-state index contributed by atoms with van der Waals surface area (Å²) >= 11 is 0. The van der Waals surface area contributed by atoms with E-state index in [1.54, 1.807) is 0 Å². The number of rotatable bonds is 8. The number of amides is 1.